The van der Waals surface area contributed by atoms with Crippen LogP contribution >= 0.6 is 0 Å². The van der Waals surface area contributed by atoms with Gasteiger partial charge in [-0.3, -0.25) is 0 Å². The van der Waals surface area contributed by atoms with Crippen molar-refractivity contribution in [2.45, 2.75) is 64.3 Å². The van der Waals surface area contributed by atoms with E-state index in [4.69, 9.17) is 37.9 Å². The quantitative estimate of drug-likeness (QED) is 0.0323. The molecule has 0 heterocycles. The standard InChI is InChI=1S/C39H56N2O16/c1-10-28(42)50-20-38(21-51-29(43)11-2,22-52-30(44)12-3)23-56-35(49)41-27-16-17-37(9,36(7,8)18-27)19-40-34(48)57-39(24-53-31(45)13-4,25-54-32(46)14-5)26-55-33(47)15-6/h10-15,27-28,31,42,45H,1-6,16-26H2,7-9H3,(H,40,48)(H,41,49). The maximum absolute atomic E-state index is 13.3. The second kappa shape index (κ2) is 23.7. The first-order valence-electron chi connectivity index (χ1n) is 17.7. The second-order valence-corrected chi connectivity index (χ2v) is 14.2. The highest BCUT2D eigenvalue weighted by Crippen LogP contribution is 2.49. The van der Waals surface area contributed by atoms with Crippen LogP contribution in [0.5, 0.6) is 0 Å². The van der Waals surface area contributed by atoms with E-state index < -0.39 is 123 Å². The number of esters is 4. The largest absolute Gasteiger partial charge is 0.462 e. The van der Waals surface area contributed by atoms with E-state index in [1.54, 1.807) is 0 Å². The molecule has 4 unspecified atom stereocenters. The summed E-state index contributed by atoms with van der Waals surface area (Å²) in [6.07, 6.45) is 2.34. The van der Waals surface area contributed by atoms with Gasteiger partial charge in [0.1, 0.15) is 33.0 Å². The molecule has 0 aromatic rings. The number of carbonyl (C=O) groups is 6. The molecule has 0 saturated heterocycles. The molecule has 318 valence electrons. The zero-order chi connectivity index (χ0) is 43.3. The minimum atomic E-state index is -1.92. The fraction of sp³-hybridized carbons (Fsp3) is 0.538. The van der Waals surface area contributed by atoms with Crippen molar-refractivity contribution in [3.63, 3.8) is 0 Å². The molecule has 2 amide bonds. The predicted octanol–water partition coefficient (Wildman–Crippen LogP) is 2.71. The van der Waals surface area contributed by atoms with Crippen LogP contribution in [0.3, 0.4) is 0 Å². The molecule has 0 bridgehead atoms. The van der Waals surface area contributed by atoms with Crippen molar-refractivity contribution >= 4 is 36.1 Å². The molecule has 0 spiro atoms. The molecule has 1 rings (SSSR count). The zero-order valence-electron chi connectivity index (χ0n) is 32.8. The molecule has 0 radical (unpaired) electrons. The van der Waals surface area contributed by atoms with Crippen LogP contribution < -0.4 is 10.6 Å². The van der Waals surface area contributed by atoms with E-state index in [2.05, 4.69) is 50.1 Å². The van der Waals surface area contributed by atoms with Gasteiger partial charge in [-0.05, 0) is 42.2 Å². The summed E-state index contributed by atoms with van der Waals surface area (Å²) < 4.78 is 42.4. The first-order chi connectivity index (χ1) is 26.8. The Hall–Kier alpha value is -5.30. The third kappa shape index (κ3) is 17.2. The average Bonchev–Trinajstić information content (AvgIpc) is 3.20. The van der Waals surface area contributed by atoms with Gasteiger partial charge >= 0.3 is 36.1 Å². The smallest absolute Gasteiger partial charge is 0.408 e. The van der Waals surface area contributed by atoms with Crippen molar-refractivity contribution < 1.29 is 76.9 Å². The van der Waals surface area contributed by atoms with E-state index in [0.29, 0.717) is 19.3 Å². The van der Waals surface area contributed by atoms with Gasteiger partial charge in [-0.25, -0.2) is 28.8 Å². The van der Waals surface area contributed by atoms with Crippen molar-refractivity contribution in [2.75, 3.05) is 52.8 Å². The first kappa shape index (κ1) is 49.7. The van der Waals surface area contributed by atoms with Crippen LogP contribution in [0.15, 0.2) is 75.9 Å². The summed E-state index contributed by atoms with van der Waals surface area (Å²) in [7, 11) is 0. The van der Waals surface area contributed by atoms with Crippen molar-refractivity contribution in [3.05, 3.63) is 75.9 Å². The Kier molecular flexibility index (Phi) is 20.7. The minimum Gasteiger partial charge on any atom is -0.462 e. The molecular weight excluding hydrogens is 752 g/mol. The maximum atomic E-state index is 13.3. The summed E-state index contributed by atoms with van der Waals surface area (Å²) in [6.45, 7) is 22.5. The number of hydrogen-bond acceptors (Lipinski definition) is 16. The highest BCUT2D eigenvalue weighted by atomic mass is 16.7. The van der Waals surface area contributed by atoms with Gasteiger partial charge in [0.05, 0.1) is 18.6 Å². The number of aliphatic hydroxyl groups is 2. The third-order valence-corrected chi connectivity index (χ3v) is 9.34. The molecule has 18 heteroatoms. The number of alkyl carbamates (subject to hydrolysis) is 2. The van der Waals surface area contributed by atoms with E-state index in [-0.39, 0.29) is 6.54 Å². The molecule has 4 N–H and O–H groups in total. The molecule has 1 saturated carbocycles. The number of aliphatic hydroxyl groups excluding tert-OH is 2. The summed E-state index contributed by atoms with van der Waals surface area (Å²) in [5, 5.41) is 25.4. The fourth-order valence-corrected chi connectivity index (χ4v) is 5.36. The monoisotopic (exact) mass is 808 g/mol. The van der Waals surface area contributed by atoms with Gasteiger partial charge in [0.2, 0.25) is 5.60 Å². The second-order valence-electron chi connectivity index (χ2n) is 14.2. The van der Waals surface area contributed by atoms with E-state index >= 15 is 0 Å². The van der Waals surface area contributed by atoms with Crippen molar-refractivity contribution in [2.24, 2.45) is 16.2 Å². The molecule has 0 aromatic carbocycles. The summed E-state index contributed by atoms with van der Waals surface area (Å²) in [5.41, 5.74) is -4.47. The number of hydrogen-bond donors (Lipinski definition) is 4. The fourth-order valence-electron chi connectivity index (χ4n) is 5.36. The average molecular weight is 809 g/mol. The van der Waals surface area contributed by atoms with Gasteiger partial charge in [-0.1, -0.05) is 60.2 Å². The Morgan fingerprint density at radius 1 is 0.667 bits per heavy atom. The third-order valence-electron chi connectivity index (χ3n) is 9.34. The van der Waals surface area contributed by atoms with Crippen LogP contribution in [0.25, 0.3) is 0 Å². The SMILES string of the molecule is C=CC(=O)OCC(COC(=O)C=C)(COC(=O)NC1CCC(C)(CNC(=O)OC(COC(=O)C=C)(COC(=O)C=C)COC(O)C=C)C(C)(C)C1)COC(O)C=C. The van der Waals surface area contributed by atoms with E-state index in [0.717, 1.165) is 36.5 Å². The summed E-state index contributed by atoms with van der Waals surface area (Å²) in [5.74, 6) is -3.35. The molecule has 0 aliphatic heterocycles. The Labute approximate surface area is 332 Å². The lowest BCUT2D eigenvalue weighted by atomic mass is 9.57. The molecular formula is C39H56N2O16. The maximum Gasteiger partial charge on any atom is 0.408 e. The topological polar surface area (TPSA) is 241 Å². The van der Waals surface area contributed by atoms with Crippen LogP contribution in [0.2, 0.25) is 0 Å². The molecule has 1 fully saturated rings. The summed E-state index contributed by atoms with van der Waals surface area (Å²) in [4.78, 5) is 74.1. The van der Waals surface area contributed by atoms with Gasteiger partial charge in [0.25, 0.3) is 0 Å². The molecule has 0 aromatic heterocycles. The Bertz CT molecular complexity index is 1430. The van der Waals surface area contributed by atoms with Gasteiger partial charge in [0.15, 0.2) is 12.6 Å². The predicted molar refractivity (Wildman–Crippen MR) is 203 cm³/mol. The molecule has 4 atom stereocenters. The van der Waals surface area contributed by atoms with Crippen molar-refractivity contribution in [1.82, 2.24) is 10.6 Å². The zero-order valence-corrected chi connectivity index (χ0v) is 32.8. The van der Waals surface area contributed by atoms with Gasteiger partial charge in [-0.15, -0.1) is 0 Å². The summed E-state index contributed by atoms with van der Waals surface area (Å²) >= 11 is 0. The minimum absolute atomic E-state index is 0.0764. The van der Waals surface area contributed by atoms with Gasteiger partial charge in [0, 0.05) is 36.9 Å². The number of rotatable bonds is 26. The molecule has 57 heavy (non-hydrogen) atoms. The Balaban J connectivity index is 3.09. The number of ether oxygens (including phenoxy) is 8. The molecule has 18 nitrogen and oxygen atoms in total. The van der Waals surface area contributed by atoms with E-state index in [1.807, 2.05) is 20.8 Å². The number of carbonyl (C=O) groups excluding carboxylic acids is 6. The Morgan fingerprint density at radius 2 is 1.11 bits per heavy atom. The van der Waals surface area contributed by atoms with Crippen molar-refractivity contribution in [3.8, 4) is 0 Å². The normalized spacial score (nSPS) is 18.4. The number of amides is 2. The molecule has 1 aliphatic rings. The van der Waals surface area contributed by atoms with Gasteiger partial charge in [-0.2, -0.15) is 0 Å². The van der Waals surface area contributed by atoms with Crippen LogP contribution in [-0.2, 0) is 57.1 Å². The lowest BCUT2D eigenvalue weighted by Gasteiger charge is -2.50. The lowest BCUT2D eigenvalue weighted by molar-refractivity contribution is -0.179. The van der Waals surface area contributed by atoms with Crippen molar-refractivity contribution in [1.29, 1.82) is 0 Å². The van der Waals surface area contributed by atoms with E-state index in [9.17, 15) is 39.0 Å². The summed E-state index contributed by atoms with van der Waals surface area (Å²) in [6, 6.07) is -0.391. The first-order valence-corrected chi connectivity index (χ1v) is 17.7. The van der Waals surface area contributed by atoms with Crippen LogP contribution in [0.4, 0.5) is 9.59 Å². The highest BCUT2D eigenvalue weighted by molar-refractivity contribution is 5.82. The van der Waals surface area contributed by atoms with Crippen LogP contribution in [0, 0.1) is 16.2 Å². The lowest BCUT2D eigenvalue weighted by Crippen LogP contribution is -2.55. The molecule has 1 aliphatic carbocycles. The van der Waals surface area contributed by atoms with Crippen LogP contribution in [0.1, 0.15) is 40.0 Å². The number of nitrogens with one attached hydrogen (secondary N) is 2. The Morgan fingerprint density at radius 3 is 1.54 bits per heavy atom. The van der Waals surface area contributed by atoms with E-state index in [1.165, 1.54) is 0 Å². The highest BCUT2D eigenvalue weighted by Gasteiger charge is 2.47. The van der Waals surface area contributed by atoms with Gasteiger partial charge < -0.3 is 58.7 Å². The van der Waals surface area contributed by atoms with Crippen LogP contribution in [-0.4, -0.2) is 123 Å².